The molecule has 2 nitrogen and oxygen atoms in total. The molecule has 1 aliphatic heterocycles. The highest BCUT2D eigenvalue weighted by atomic mass is 15.1. The Kier molecular flexibility index (Phi) is 11.8. The van der Waals surface area contributed by atoms with E-state index in [4.69, 9.17) is 5.73 Å². The van der Waals surface area contributed by atoms with Crippen molar-refractivity contribution in [3.8, 4) is 0 Å². The van der Waals surface area contributed by atoms with Gasteiger partial charge in [-0.05, 0) is 25.4 Å². The first kappa shape index (κ1) is 15.4. The molecule has 1 rings (SSSR count). The largest absolute Gasteiger partial charge is 0.330 e. The summed E-state index contributed by atoms with van der Waals surface area (Å²) in [4.78, 5) is 2.35. The van der Waals surface area contributed by atoms with Crippen LogP contribution in [0.15, 0.2) is 0 Å². The average Bonchev–Trinajstić information content (AvgIpc) is 2.51. The van der Waals surface area contributed by atoms with Crippen LogP contribution in [-0.4, -0.2) is 31.6 Å². The molecular weight excluding hydrogens is 160 g/mol. The first-order valence-corrected chi connectivity index (χ1v) is 5.62. The molecule has 2 heteroatoms. The topological polar surface area (TPSA) is 29.3 Å². The first-order chi connectivity index (χ1) is 6.24. The Morgan fingerprint density at radius 2 is 1.62 bits per heavy atom. The standard InChI is InChI=1S/C7H16N2.2C2H6/c1-6-4-9(2)5-7(6)3-8;2*1-2/h6-7H,3-5,8H2,1-2H3;2*1-2H3. The summed E-state index contributed by atoms with van der Waals surface area (Å²) in [7, 11) is 2.16. The minimum Gasteiger partial charge on any atom is -0.330 e. The van der Waals surface area contributed by atoms with E-state index in [0.717, 1.165) is 18.4 Å². The van der Waals surface area contributed by atoms with E-state index >= 15 is 0 Å². The molecule has 1 fully saturated rings. The summed E-state index contributed by atoms with van der Waals surface area (Å²) in [6, 6.07) is 0. The molecule has 1 heterocycles. The van der Waals surface area contributed by atoms with Crippen molar-refractivity contribution >= 4 is 0 Å². The molecule has 0 bridgehead atoms. The van der Waals surface area contributed by atoms with Crippen molar-refractivity contribution in [1.82, 2.24) is 4.90 Å². The smallest absolute Gasteiger partial charge is 0.00218 e. The van der Waals surface area contributed by atoms with Crippen molar-refractivity contribution in [3.05, 3.63) is 0 Å². The zero-order valence-corrected chi connectivity index (χ0v) is 10.3. The summed E-state index contributed by atoms with van der Waals surface area (Å²) in [5, 5.41) is 0. The maximum absolute atomic E-state index is 5.56. The van der Waals surface area contributed by atoms with Gasteiger partial charge in [0.25, 0.3) is 0 Å². The van der Waals surface area contributed by atoms with Gasteiger partial charge in [-0.1, -0.05) is 34.6 Å². The van der Waals surface area contributed by atoms with Gasteiger partial charge in [-0.15, -0.1) is 0 Å². The van der Waals surface area contributed by atoms with Crippen LogP contribution < -0.4 is 5.73 Å². The summed E-state index contributed by atoms with van der Waals surface area (Å²) < 4.78 is 0. The normalized spacial score (nSPS) is 27.0. The Balaban J connectivity index is 0. The Bertz CT molecular complexity index is 94.1. The molecule has 0 amide bonds. The summed E-state index contributed by atoms with van der Waals surface area (Å²) in [5.74, 6) is 1.55. The summed E-state index contributed by atoms with van der Waals surface area (Å²) in [6.45, 7) is 13.5. The number of likely N-dealkylation sites (tertiary alicyclic amines) is 1. The average molecular weight is 188 g/mol. The lowest BCUT2D eigenvalue weighted by Crippen LogP contribution is -2.20. The Morgan fingerprint density at radius 1 is 1.15 bits per heavy atom. The highest BCUT2D eigenvalue weighted by Gasteiger charge is 2.25. The number of nitrogens with zero attached hydrogens (tertiary/aromatic N) is 1. The molecule has 0 radical (unpaired) electrons. The van der Waals surface area contributed by atoms with Crippen LogP contribution in [0.3, 0.4) is 0 Å². The Labute approximate surface area is 84.5 Å². The predicted octanol–water partition coefficient (Wildman–Crippen LogP) is 2.20. The second kappa shape index (κ2) is 10.0. The van der Waals surface area contributed by atoms with Crippen LogP contribution in [0.25, 0.3) is 0 Å². The van der Waals surface area contributed by atoms with Crippen LogP contribution in [0.1, 0.15) is 34.6 Å². The maximum Gasteiger partial charge on any atom is 0.00218 e. The molecular formula is C11H28N2. The SMILES string of the molecule is CC.CC.CC1CN(C)CC1CN. The van der Waals surface area contributed by atoms with Gasteiger partial charge in [-0.3, -0.25) is 0 Å². The summed E-state index contributed by atoms with van der Waals surface area (Å²) >= 11 is 0. The van der Waals surface area contributed by atoms with Gasteiger partial charge in [-0.2, -0.15) is 0 Å². The molecule has 2 unspecified atom stereocenters. The number of nitrogens with two attached hydrogens (primary N) is 1. The summed E-state index contributed by atoms with van der Waals surface area (Å²) in [6.07, 6.45) is 0. The molecule has 1 saturated heterocycles. The molecule has 0 aromatic rings. The Morgan fingerprint density at radius 3 is 1.77 bits per heavy atom. The first-order valence-electron chi connectivity index (χ1n) is 5.62. The predicted molar refractivity (Wildman–Crippen MR) is 61.9 cm³/mol. The Hall–Kier alpha value is -0.0800. The van der Waals surface area contributed by atoms with Crippen LogP contribution in [0, 0.1) is 11.8 Å². The van der Waals surface area contributed by atoms with Gasteiger partial charge < -0.3 is 10.6 Å². The molecule has 13 heavy (non-hydrogen) atoms. The molecule has 2 atom stereocenters. The van der Waals surface area contributed by atoms with Gasteiger partial charge in [0.2, 0.25) is 0 Å². The van der Waals surface area contributed by atoms with Gasteiger partial charge in [0.05, 0.1) is 0 Å². The van der Waals surface area contributed by atoms with E-state index < -0.39 is 0 Å². The third kappa shape index (κ3) is 6.05. The van der Waals surface area contributed by atoms with Crippen molar-refractivity contribution in [1.29, 1.82) is 0 Å². The highest BCUT2D eigenvalue weighted by Crippen LogP contribution is 2.19. The van der Waals surface area contributed by atoms with Crippen molar-refractivity contribution in [2.45, 2.75) is 34.6 Å². The van der Waals surface area contributed by atoms with Gasteiger partial charge in [0.15, 0.2) is 0 Å². The van der Waals surface area contributed by atoms with Crippen molar-refractivity contribution in [2.24, 2.45) is 17.6 Å². The van der Waals surface area contributed by atoms with Gasteiger partial charge in [0.1, 0.15) is 0 Å². The number of hydrogen-bond donors (Lipinski definition) is 1. The molecule has 0 spiro atoms. The maximum atomic E-state index is 5.56. The zero-order chi connectivity index (χ0) is 10.9. The van der Waals surface area contributed by atoms with E-state index in [9.17, 15) is 0 Å². The number of rotatable bonds is 1. The molecule has 0 aliphatic carbocycles. The minimum atomic E-state index is 0.745. The molecule has 0 aromatic heterocycles. The zero-order valence-electron chi connectivity index (χ0n) is 10.3. The molecule has 1 aliphatic rings. The van der Waals surface area contributed by atoms with E-state index in [1.54, 1.807) is 0 Å². The van der Waals surface area contributed by atoms with E-state index in [2.05, 4.69) is 18.9 Å². The van der Waals surface area contributed by atoms with E-state index in [-0.39, 0.29) is 0 Å². The second-order valence-corrected chi connectivity index (χ2v) is 3.19. The van der Waals surface area contributed by atoms with E-state index in [1.165, 1.54) is 13.1 Å². The highest BCUT2D eigenvalue weighted by molar-refractivity contribution is 4.79. The van der Waals surface area contributed by atoms with Gasteiger partial charge >= 0.3 is 0 Å². The van der Waals surface area contributed by atoms with Gasteiger partial charge in [0, 0.05) is 13.1 Å². The molecule has 0 aromatic carbocycles. The lowest BCUT2D eigenvalue weighted by Gasteiger charge is -2.08. The minimum absolute atomic E-state index is 0.745. The molecule has 82 valence electrons. The lowest BCUT2D eigenvalue weighted by molar-refractivity contribution is 0.396. The van der Waals surface area contributed by atoms with Crippen molar-refractivity contribution in [3.63, 3.8) is 0 Å². The number of hydrogen-bond acceptors (Lipinski definition) is 2. The monoisotopic (exact) mass is 188 g/mol. The molecule has 0 saturated carbocycles. The third-order valence-corrected chi connectivity index (χ3v) is 2.25. The second-order valence-electron chi connectivity index (χ2n) is 3.19. The van der Waals surface area contributed by atoms with Crippen LogP contribution in [0.5, 0.6) is 0 Å². The van der Waals surface area contributed by atoms with Crippen LogP contribution in [-0.2, 0) is 0 Å². The quantitative estimate of drug-likeness (QED) is 0.683. The fraction of sp³-hybridized carbons (Fsp3) is 1.00. The molecule has 2 N–H and O–H groups in total. The van der Waals surface area contributed by atoms with E-state index in [0.29, 0.717) is 0 Å². The van der Waals surface area contributed by atoms with Crippen LogP contribution >= 0.6 is 0 Å². The lowest BCUT2D eigenvalue weighted by atomic mass is 9.99. The van der Waals surface area contributed by atoms with E-state index in [1.807, 2.05) is 27.7 Å². The van der Waals surface area contributed by atoms with Gasteiger partial charge in [-0.25, -0.2) is 0 Å². The van der Waals surface area contributed by atoms with Crippen molar-refractivity contribution in [2.75, 3.05) is 26.7 Å². The fourth-order valence-corrected chi connectivity index (χ4v) is 1.60. The van der Waals surface area contributed by atoms with Crippen molar-refractivity contribution < 1.29 is 0 Å². The summed E-state index contributed by atoms with van der Waals surface area (Å²) in [5.41, 5.74) is 5.56. The van der Waals surface area contributed by atoms with Crippen LogP contribution in [0.4, 0.5) is 0 Å². The third-order valence-electron chi connectivity index (χ3n) is 2.25. The van der Waals surface area contributed by atoms with Crippen LogP contribution in [0.2, 0.25) is 0 Å². The fourth-order valence-electron chi connectivity index (χ4n) is 1.60.